The number of para-hydroxylation sites is 1. The smallest absolute Gasteiger partial charge is 0.250 e. The van der Waals surface area contributed by atoms with Crippen molar-refractivity contribution in [2.45, 2.75) is 17.5 Å². The summed E-state index contributed by atoms with van der Waals surface area (Å²) < 4.78 is 0.952. The molecule has 36 heavy (non-hydrogen) atoms. The average molecular weight is 558 g/mol. The zero-order valence-electron chi connectivity index (χ0n) is 19.1. The van der Waals surface area contributed by atoms with Gasteiger partial charge >= 0.3 is 0 Å². The number of hydrogen-bond acceptors (Lipinski definition) is 3. The van der Waals surface area contributed by atoms with Crippen LogP contribution in [0.5, 0.6) is 0 Å². The standard InChI is InChI=1S/C30H22BrClN2O2/c31-21-14-10-18(11-15-21)25-26(28(35)20-12-16-22(32)17-13-20)30(34-27(25)19-6-2-1-3-7-19)23-8-4-5-9-24(23)33-29(30)36/h1-17,25-27,34H,(H,33,36)/t25-,26?,27+,30?/m0/s1. The lowest BCUT2D eigenvalue weighted by molar-refractivity contribution is -0.122. The Labute approximate surface area is 222 Å². The second kappa shape index (κ2) is 9.00. The SMILES string of the molecule is O=C(c1ccc(Cl)cc1)C1[C@H](c2ccc(Br)cc2)[C@@H](c2ccccc2)NC12C(=O)Nc1ccccc12. The van der Waals surface area contributed by atoms with Crippen LogP contribution in [-0.2, 0) is 10.3 Å². The van der Waals surface area contributed by atoms with Gasteiger partial charge in [-0.25, -0.2) is 0 Å². The molecular weight excluding hydrogens is 536 g/mol. The Bertz CT molecular complexity index is 1460. The number of amides is 1. The topological polar surface area (TPSA) is 58.2 Å². The Kier molecular flexibility index (Phi) is 5.79. The quantitative estimate of drug-likeness (QED) is 0.269. The van der Waals surface area contributed by atoms with Crippen molar-refractivity contribution < 1.29 is 9.59 Å². The first-order chi connectivity index (χ1) is 17.5. The lowest BCUT2D eigenvalue weighted by atomic mass is 9.69. The Hall–Kier alpha value is -3.25. The molecule has 1 amide bonds. The molecule has 178 valence electrons. The Balaban J connectivity index is 1.62. The highest BCUT2D eigenvalue weighted by atomic mass is 79.9. The van der Waals surface area contributed by atoms with Crippen LogP contribution in [0.1, 0.15) is 39.0 Å². The van der Waals surface area contributed by atoms with E-state index in [-0.39, 0.29) is 23.7 Å². The second-order valence-corrected chi connectivity index (χ2v) is 10.6. The first kappa shape index (κ1) is 23.2. The summed E-state index contributed by atoms with van der Waals surface area (Å²) in [6, 6.07) is 32.3. The maximum absolute atomic E-state index is 14.4. The fraction of sp³-hybridized carbons (Fsp3) is 0.133. The lowest BCUT2D eigenvalue weighted by Gasteiger charge is -2.31. The number of benzene rings is 4. The van der Waals surface area contributed by atoms with Gasteiger partial charge in [0.15, 0.2) is 5.78 Å². The molecule has 2 heterocycles. The van der Waals surface area contributed by atoms with Crippen LogP contribution in [0.2, 0.25) is 5.02 Å². The van der Waals surface area contributed by atoms with E-state index in [1.165, 1.54) is 0 Å². The Morgan fingerprint density at radius 1 is 0.806 bits per heavy atom. The number of carbonyl (C=O) groups excluding carboxylic acids is 2. The number of halogens is 2. The molecule has 0 aromatic heterocycles. The highest BCUT2D eigenvalue weighted by Gasteiger charge is 2.64. The van der Waals surface area contributed by atoms with Gasteiger partial charge in [-0.05, 0) is 53.6 Å². The molecule has 0 aliphatic carbocycles. The highest BCUT2D eigenvalue weighted by molar-refractivity contribution is 9.10. The summed E-state index contributed by atoms with van der Waals surface area (Å²) in [6.07, 6.45) is 0. The molecule has 4 aromatic carbocycles. The van der Waals surface area contributed by atoms with Crippen LogP contribution < -0.4 is 10.6 Å². The molecule has 1 spiro atoms. The maximum Gasteiger partial charge on any atom is 0.250 e. The van der Waals surface area contributed by atoms with Crippen molar-refractivity contribution in [3.63, 3.8) is 0 Å². The summed E-state index contributed by atoms with van der Waals surface area (Å²) in [6.45, 7) is 0. The van der Waals surface area contributed by atoms with Gasteiger partial charge in [-0.3, -0.25) is 14.9 Å². The van der Waals surface area contributed by atoms with Gasteiger partial charge in [-0.15, -0.1) is 0 Å². The van der Waals surface area contributed by atoms with Gasteiger partial charge < -0.3 is 5.32 Å². The number of Topliss-reactive ketones (excluding diaryl/α,β-unsaturated/α-hetero) is 1. The molecule has 2 unspecified atom stereocenters. The molecule has 1 saturated heterocycles. The molecule has 0 radical (unpaired) electrons. The van der Waals surface area contributed by atoms with Crippen LogP contribution >= 0.6 is 27.5 Å². The fourth-order valence-electron chi connectivity index (χ4n) is 5.79. The Morgan fingerprint density at radius 2 is 1.47 bits per heavy atom. The number of anilines is 1. The zero-order chi connectivity index (χ0) is 24.9. The summed E-state index contributed by atoms with van der Waals surface area (Å²) in [5, 5.41) is 7.30. The van der Waals surface area contributed by atoms with Crippen molar-refractivity contribution in [2.24, 2.45) is 5.92 Å². The molecule has 2 aliphatic rings. The van der Waals surface area contributed by atoms with Gasteiger partial charge in [0.1, 0.15) is 5.54 Å². The van der Waals surface area contributed by atoms with Crippen molar-refractivity contribution >= 4 is 44.9 Å². The maximum atomic E-state index is 14.4. The minimum Gasteiger partial charge on any atom is -0.324 e. The van der Waals surface area contributed by atoms with Gasteiger partial charge in [-0.1, -0.05) is 88.2 Å². The fourth-order valence-corrected chi connectivity index (χ4v) is 6.18. The molecular formula is C30H22BrClN2O2. The van der Waals surface area contributed by atoms with Crippen LogP contribution in [-0.4, -0.2) is 11.7 Å². The monoisotopic (exact) mass is 556 g/mol. The van der Waals surface area contributed by atoms with Crippen molar-refractivity contribution in [3.05, 3.63) is 135 Å². The van der Waals surface area contributed by atoms with Gasteiger partial charge in [0, 0.05) is 38.3 Å². The molecule has 1 fully saturated rings. The van der Waals surface area contributed by atoms with Gasteiger partial charge in [0.25, 0.3) is 0 Å². The summed E-state index contributed by atoms with van der Waals surface area (Å²) in [5.41, 5.74) is 2.83. The van der Waals surface area contributed by atoms with E-state index in [9.17, 15) is 9.59 Å². The van der Waals surface area contributed by atoms with Crippen LogP contribution in [0, 0.1) is 5.92 Å². The van der Waals surface area contributed by atoms with Crippen molar-refractivity contribution in [3.8, 4) is 0 Å². The molecule has 6 rings (SSSR count). The number of fused-ring (bicyclic) bond motifs is 2. The molecule has 2 N–H and O–H groups in total. The predicted octanol–water partition coefficient (Wildman–Crippen LogP) is 6.88. The number of ketones is 1. The average Bonchev–Trinajstić information content (AvgIpc) is 3.40. The van der Waals surface area contributed by atoms with E-state index in [2.05, 4.69) is 26.6 Å². The second-order valence-electron chi connectivity index (χ2n) is 9.27. The molecule has 2 aliphatic heterocycles. The van der Waals surface area contributed by atoms with Gasteiger partial charge in [-0.2, -0.15) is 0 Å². The number of rotatable bonds is 4. The van der Waals surface area contributed by atoms with Crippen LogP contribution in [0.25, 0.3) is 0 Å². The molecule has 0 bridgehead atoms. The summed E-state index contributed by atoms with van der Waals surface area (Å²) in [5.74, 6) is -1.32. The molecule has 4 aromatic rings. The minimum absolute atomic E-state index is 0.0997. The minimum atomic E-state index is -1.23. The van der Waals surface area contributed by atoms with E-state index in [1.807, 2.05) is 78.9 Å². The van der Waals surface area contributed by atoms with Crippen molar-refractivity contribution in [1.82, 2.24) is 5.32 Å². The summed E-state index contributed by atoms with van der Waals surface area (Å²) >= 11 is 9.67. The molecule has 0 saturated carbocycles. The predicted molar refractivity (Wildman–Crippen MR) is 145 cm³/mol. The molecule has 4 nitrogen and oxygen atoms in total. The van der Waals surface area contributed by atoms with Gasteiger partial charge in [0.05, 0.1) is 5.92 Å². The van der Waals surface area contributed by atoms with Crippen LogP contribution in [0.3, 0.4) is 0 Å². The van der Waals surface area contributed by atoms with Gasteiger partial charge in [0.2, 0.25) is 5.91 Å². The zero-order valence-corrected chi connectivity index (χ0v) is 21.5. The van der Waals surface area contributed by atoms with Crippen molar-refractivity contribution in [1.29, 1.82) is 0 Å². The van der Waals surface area contributed by atoms with E-state index in [4.69, 9.17) is 11.6 Å². The molecule has 6 heteroatoms. The molecule has 4 atom stereocenters. The van der Waals surface area contributed by atoms with E-state index in [1.54, 1.807) is 24.3 Å². The highest BCUT2D eigenvalue weighted by Crippen LogP contribution is 2.57. The van der Waals surface area contributed by atoms with E-state index < -0.39 is 11.5 Å². The number of hydrogen-bond donors (Lipinski definition) is 2. The van der Waals surface area contributed by atoms with Crippen molar-refractivity contribution in [2.75, 3.05) is 5.32 Å². The largest absolute Gasteiger partial charge is 0.324 e. The summed E-state index contributed by atoms with van der Waals surface area (Å²) in [7, 11) is 0. The van der Waals surface area contributed by atoms with E-state index in [0.29, 0.717) is 10.6 Å². The van der Waals surface area contributed by atoms with E-state index >= 15 is 0 Å². The summed E-state index contributed by atoms with van der Waals surface area (Å²) in [4.78, 5) is 28.3. The normalized spacial score (nSPS) is 24.5. The third kappa shape index (κ3) is 3.62. The third-order valence-electron chi connectivity index (χ3n) is 7.35. The third-order valence-corrected chi connectivity index (χ3v) is 8.13. The van der Waals surface area contributed by atoms with Crippen LogP contribution in [0.4, 0.5) is 5.69 Å². The number of carbonyl (C=O) groups is 2. The first-order valence-corrected chi connectivity index (χ1v) is 12.9. The Morgan fingerprint density at radius 3 is 2.19 bits per heavy atom. The lowest BCUT2D eigenvalue weighted by Crippen LogP contribution is -2.50. The number of nitrogens with one attached hydrogen (secondary N) is 2. The van der Waals surface area contributed by atoms with E-state index in [0.717, 1.165) is 26.9 Å². The first-order valence-electron chi connectivity index (χ1n) is 11.8. The van der Waals surface area contributed by atoms with Crippen LogP contribution in [0.15, 0.2) is 108 Å².